The molecule has 0 radical (unpaired) electrons. The van der Waals surface area contributed by atoms with Gasteiger partial charge in [-0.1, -0.05) is 23.7 Å². The first-order chi connectivity index (χ1) is 11.7. The number of aromatic nitrogens is 1. The van der Waals surface area contributed by atoms with E-state index in [1.807, 2.05) is 58.5 Å². The molecule has 0 atom stereocenters. The Hall–Kier alpha value is -2.08. The molecule has 0 saturated carbocycles. The Labute approximate surface area is 149 Å². The van der Waals surface area contributed by atoms with Crippen molar-refractivity contribution in [1.82, 2.24) is 4.57 Å². The molecule has 4 nitrogen and oxygen atoms in total. The molecule has 0 spiro atoms. The number of halogens is 1. The SMILES string of the molecule is COc1cccc(-c2csc(=Nc3ccc(Cl)cc3)n2CCO)c1. The van der Waals surface area contributed by atoms with Gasteiger partial charge in [-0.3, -0.25) is 0 Å². The van der Waals surface area contributed by atoms with Gasteiger partial charge in [0, 0.05) is 22.5 Å². The highest BCUT2D eigenvalue weighted by Crippen LogP contribution is 2.25. The standard InChI is InChI=1S/C18H17ClN2O2S/c1-23-16-4-2-3-13(11-16)17-12-24-18(21(17)9-10-22)20-15-7-5-14(19)6-8-15/h2-8,11-12,22H,9-10H2,1H3. The second kappa shape index (κ2) is 7.66. The fourth-order valence-corrected chi connectivity index (χ4v) is 3.46. The minimum atomic E-state index is 0.0432. The van der Waals surface area contributed by atoms with Gasteiger partial charge in [0.25, 0.3) is 0 Å². The molecule has 0 aliphatic heterocycles. The molecule has 1 aromatic heterocycles. The Bertz CT molecular complexity index is 885. The molecule has 6 heteroatoms. The summed E-state index contributed by atoms with van der Waals surface area (Å²) in [6, 6.07) is 15.2. The molecular formula is C18H17ClN2O2S. The van der Waals surface area contributed by atoms with Crippen LogP contribution in [0.4, 0.5) is 5.69 Å². The van der Waals surface area contributed by atoms with Gasteiger partial charge in [-0.2, -0.15) is 0 Å². The van der Waals surface area contributed by atoms with Crippen LogP contribution in [-0.4, -0.2) is 23.4 Å². The molecule has 0 amide bonds. The molecule has 3 rings (SSSR count). The molecule has 0 aliphatic rings. The summed E-state index contributed by atoms with van der Waals surface area (Å²) in [5.41, 5.74) is 2.85. The van der Waals surface area contributed by atoms with Crippen LogP contribution >= 0.6 is 22.9 Å². The first kappa shape index (κ1) is 16.8. The Balaban J connectivity index is 2.08. The largest absolute Gasteiger partial charge is 0.497 e. The average molecular weight is 361 g/mol. The number of aliphatic hydroxyl groups is 1. The van der Waals surface area contributed by atoms with Crippen molar-refractivity contribution in [2.45, 2.75) is 6.54 Å². The number of hydrogen-bond donors (Lipinski definition) is 1. The summed E-state index contributed by atoms with van der Waals surface area (Å²) in [5.74, 6) is 0.797. The Morgan fingerprint density at radius 2 is 2.00 bits per heavy atom. The van der Waals surface area contributed by atoms with Gasteiger partial charge in [0.05, 0.1) is 25.1 Å². The van der Waals surface area contributed by atoms with E-state index in [4.69, 9.17) is 16.3 Å². The first-order valence-corrected chi connectivity index (χ1v) is 8.71. The zero-order valence-electron chi connectivity index (χ0n) is 13.1. The van der Waals surface area contributed by atoms with E-state index in [1.54, 1.807) is 7.11 Å². The maximum absolute atomic E-state index is 9.44. The van der Waals surface area contributed by atoms with Gasteiger partial charge in [-0.15, -0.1) is 11.3 Å². The van der Waals surface area contributed by atoms with Crippen molar-refractivity contribution in [2.24, 2.45) is 4.99 Å². The van der Waals surface area contributed by atoms with E-state index >= 15 is 0 Å². The van der Waals surface area contributed by atoms with Gasteiger partial charge in [0.15, 0.2) is 4.80 Å². The van der Waals surface area contributed by atoms with Crippen LogP contribution in [0.25, 0.3) is 11.3 Å². The van der Waals surface area contributed by atoms with Gasteiger partial charge in [-0.05, 0) is 36.4 Å². The summed E-state index contributed by atoms with van der Waals surface area (Å²) in [6.45, 7) is 0.518. The number of ether oxygens (including phenoxy) is 1. The number of nitrogens with zero attached hydrogens (tertiary/aromatic N) is 2. The Kier molecular flexibility index (Phi) is 5.35. The molecule has 3 aromatic rings. The van der Waals surface area contributed by atoms with Crippen molar-refractivity contribution in [3.8, 4) is 17.0 Å². The van der Waals surface area contributed by atoms with Crippen LogP contribution in [0.15, 0.2) is 58.9 Å². The van der Waals surface area contributed by atoms with E-state index in [-0.39, 0.29) is 6.61 Å². The van der Waals surface area contributed by atoms with E-state index < -0.39 is 0 Å². The van der Waals surface area contributed by atoms with Crippen LogP contribution in [0.5, 0.6) is 5.75 Å². The molecule has 2 aromatic carbocycles. The molecule has 24 heavy (non-hydrogen) atoms. The van der Waals surface area contributed by atoms with Gasteiger partial charge < -0.3 is 14.4 Å². The summed E-state index contributed by atoms with van der Waals surface area (Å²) in [6.07, 6.45) is 0. The highest BCUT2D eigenvalue weighted by atomic mass is 35.5. The van der Waals surface area contributed by atoms with Gasteiger partial charge in [0.2, 0.25) is 0 Å². The maximum Gasteiger partial charge on any atom is 0.190 e. The van der Waals surface area contributed by atoms with Crippen LogP contribution in [0.2, 0.25) is 5.02 Å². The van der Waals surface area contributed by atoms with Crippen molar-refractivity contribution in [3.05, 3.63) is 63.7 Å². The third-order valence-electron chi connectivity index (χ3n) is 3.54. The lowest BCUT2D eigenvalue weighted by atomic mass is 10.1. The van der Waals surface area contributed by atoms with E-state index in [0.29, 0.717) is 11.6 Å². The molecule has 124 valence electrons. The summed E-state index contributed by atoms with van der Waals surface area (Å²) in [7, 11) is 1.65. The lowest BCUT2D eigenvalue weighted by molar-refractivity contribution is 0.275. The third-order valence-corrected chi connectivity index (χ3v) is 4.65. The molecule has 0 aliphatic carbocycles. The molecule has 1 N–H and O–H groups in total. The number of benzene rings is 2. The van der Waals surface area contributed by atoms with Crippen molar-refractivity contribution < 1.29 is 9.84 Å². The zero-order valence-corrected chi connectivity index (χ0v) is 14.7. The lowest BCUT2D eigenvalue weighted by Gasteiger charge is -2.08. The van der Waals surface area contributed by atoms with E-state index in [0.717, 1.165) is 27.5 Å². The first-order valence-electron chi connectivity index (χ1n) is 7.45. The number of methoxy groups -OCH3 is 1. The monoisotopic (exact) mass is 360 g/mol. The minimum Gasteiger partial charge on any atom is -0.497 e. The highest BCUT2D eigenvalue weighted by molar-refractivity contribution is 7.07. The summed E-state index contributed by atoms with van der Waals surface area (Å²) >= 11 is 7.45. The average Bonchev–Trinajstić information content (AvgIpc) is 3.00. The quantitative estimate of drug-likeness (QED) is 0.744. The molecule has 0 fully saturated rings. The second-order valence-electron chi connectivity index (χ2n) is 5.10. The zero-order chi connectivity index (χ0) is 16.9. The van der Waals surface area contributed by atoms with Crippen molar-refractivity contribution in [3.63, 3.8) is 0 Å². The van der Waals surface area contributed by atoms with Crippen LogP contribution in [0.3, 0.4) is 0 Å². The van der Waals surface area contributed by atoms with Gasteiger partial charge in [-0.25, -0.2) is 4.99 Å². The molecular weight excluding hydrogens is 344 g/mol. The van der Waals surface area contributed by atoms with Crippen LogP contribution in [0, 0.1) is 0 Å². The van der Waals surface area contributed by atoms with Crippen molar-refractivity contribution >= 4 is 28.6 Å². The lowest BCUT2D eigenvalue weighted by Crippen LogP contribution is -2.17. The van der Waals surface area contributed by atoms with Crippen molar-refractivity contribution in [1.29, 1.82) is 0 Å². The van der Waals surface area contributed by atoms with E-state index in [1.165, 1.54) is 11.3 Å². The van der Waals surface area contributed by atoms with Crippen LogP contribution in [-0.2, 0) is 6.54 Å². The van der Waals surface area contributed by atoms with E-state index in [2.05, 4.69) is 4.99 Å². The third kappa shape index (κ3) is 3.70. The summed E-state index contributed by atoms with van der Waals surface area (Å²) in [4.78, 5) is 5.49. The van der Waals surface area contributed by atoms with Gasteiger partial charge >= 0.3 is 0 Å². The predicted molar refractivity (Wildman–Crippen MR) is 98.1 cm³/mol. The minimum absolute atomic E-state index is 0.0432. The van der Waals surface area contributed by atoms with Crippen LogP contribution in [0.1, 0.15) is 0 Å². The van der Waals surface area contributed by atoms with Crippen molar-refractivity contribution in [2.75, 3.05) is 13.7 Å². The smallest absolute Gasteiger partial charge is 0.190 e. The number of aliphatic hydroxyl groups excluding tert-OH is 1. The fraction of sp³-hybridized carbons (Fsp3) is 0.167. The maximum atomic E-state index is 9.44. The predicted octanol–water partition coefficient (Wildman–Crippen LogP) is 4.10. The Morgan fingerprint density at radius 1 is 1.21 bits per heavy atom. The van der Waals surface area contributed by atoms with Crippen LogP contribution < -0.4 is 9.54 Å². The molecule has 1 heterocycles. The van der Waals surface area contributed by atoms with E-state index in [9.17, 15) is 5.11 Å². The highest BCUT2D eigenvalue weighted by Gasteiger charge is 2.09. The number of hydrogen-bond acceptors (Lipinski definition) is 4. The second-order valence-corrected chi connectivity index (χ2v) is 6.37. The molecule has 0 bridgehead atoms. The number of thiazole rings is 1. The molecule has 0 saturated heterocycles. The fourth-order valence-electron chi connectivity index (χ4n) is 2.37. The van der Waals surface area contributed by atoms with Gasteiger partial charge in [0.1, 0.15) is 5.75 Å². The normalized spacial score (nSPS) is 11.7. The summed E-state index contributed by atoms with van der Waals surface area (Å²) in [5, 5.41) is 12.2. The molecule has 0 unspecified atom stereocenters. The summed E-state index contributed by atoms with van der Waals surface area (Å²) < 4.78 is 7.31. The number of rotatable bonds is 5. The Morgan fingerprint density at radius 3 is 2.71 bits per heavy atom. The topological polar surface area (TPSA) is 46.8 Å².